The van der Waals surface area contributed by atoms with E-state index in [1.165, 1.54) is 12.1 Å². The smallest absolute Gasteiger partial charge is 0.416 e. The number of aryl methyl sites for hydroxylation is 2. The standard InChI is InChI=1S/C23H25ClF4O3/c1-3-16-14-20(30-13-10-21(24)25)15-17(4-2)22(16)31-12-5-11-29-19-8-6-18(7-9-19)23(26,27)28/h6-10,14-15H,3-5,11-13H2,1-2H3. The molecule has 0 unspecified atom stereocenters. The minimum atomic E-state index is -4.36. The first-order valence-electron chi connectivity index (χ1n) is 9.97. The second-order valence-electron chi connectivity index (χ2n) is 6.66. The first kappa shape index (κ1) is 24.9. The average molecular weight is 461 g/mol. The summed E-state index contributed by atoms with van der Waals surface area (Å²) < 4.78 is 67.4. The SMILES string of the molecule is CCc1cc(OCC=C(F)Cl)cc(CC)c1OCCCOc1ccc(C(F)(F)F)cc1. The van der Waals surface area contributed by atoms with Crippen LogP contribution in [0.1, 0.15) is 37.0 Å². The van der Waals surface area contributed by atoms with Crippen LogP contribution < -0.4 is 14.2 Å². The van der Waals surface area contributed by atoms with E-state index in [-0.39, 0.29) is 6.61 Å². The number of hydrogen-bond acceptors (Lipinski definition) is 3. The van der Waals surface area contributed by atoms with Crippen LogP contribution in [0.3, 0.4) is 0 Å². The molecule has 2 aromatic carbocycles. The van der Waals surface area contributed by atoms with Crippen molar-refractivity contribution in [3.05, 3.63) is 64.5 Å². The highest BCUT2D eigenvalue weighted by atomic mass is 35.5. The van der Waals surface area contributed by atoms with Crippen LogP contribution >= 0.6 is 11.6 Å². The molecule has 0 spiro atoms. The maximum Gasteiger partial charge on any atom is 0.416 e. The zero-order valence-electron chi connectivity index (χ0n) is 17.4. The Bertz CT molecular complexity index is 835. The number of halogens is 5. The lowest BCUT2D eigenvalue weighted by molar-refractivity contribution is -0.137. The lowest BCUT2D eigenvalue weighted by atomic mass is 10.0. The van der Waals surface area contributed by atoms with Gasteiger partial charge >= 0.3 is 6.18 Å². The van der Waals surface area contributed by atoms with Crippen molar-refractivity contribution in [1.29, 1.82) is 0 Å². The highest BCUT2D eigenvalue weighted by Crippen LogP contribution is 2.32. The van der Waals surface area contributed by atoms with E-state index in [9.17, 15) is 17.6 Å². The summed E-state index contributed by atoms with van der Waals surface area (Å²) in [6.45, 7) is 4.73. The summed E-state index contributed by atoms with van der Waals surface area (Å²) in [7, 11) is 0. The van der Waals surface area contributed by atoms with E-state index in [4.69, 9.17) is 25.8 Å². The fourth-order valence-electron chi connectivity index (χ4n) is 2.88. The Labute approximate surface area is 184 Å². The van der Waals surface area contributed by atoms with E-state index in [1.54, 1.807) is 0 Å². The van der Waals surface area contributed by atoms with E-state index in [2.05, 4.69) is 0 Å². The zero-order chi connectivity index (χ0) is 22.9. The third kappa shape index (κ3) is 7.98. The second-order valence-corrected chi connectivity index (χ2v) is 7.02. The van der Waals surface area contributed by atoms with E-state index in [0.29, 0.717) is 31.1 Å². The van der Waals surface area contributed by atoms with Crippen molar-refractivity contribution in [2.45, 2.75) is 39.3 Å². The van der Waals surface area contributed by atoms with Gasteiger partial charge < -0.3 is 14.2 Å². The molecule has 0 bridgehead atoms. The Morgan fingerprint density at radius 1 is 0.903 bits per heavy atom. The van der Waals surface area contributed by atoms with E-state index >= 15 is 0 Å². The van der Waals surface area contributed by atoms with Crippen molar-refractivity contribution >= 4 is 11.6 Å². The first-order chi connectivity index (χ1) is 14.7. The van der Waals surface area contributed by atoms with Gasteiger partial charge in [0.05, 0.1) is 18.8 Å². The quantitative estimate of drug-likeness (QED) is 0.264. The molecule has 0 heterocycles. The Kier molecular flexibility index (Phi) is 9.49. The molecule has 0 radical (unpaired) electrons. The second kappa shape index (κ2) is 11.8. The summed E-state index contributed by atoms with van der Waals surface area (Å²) >= 11 is 5.17. The van der Waals surface area contributed by atoms with Crippen LogP contribution in [-0.2, 0) is 19.0 Å². The van der Waals surface area contributed by atoms with Gasteiger partial charge in [-0.15, -0.1) is 0 Å². The highest BCUT2D eigenvalue weighted by Gasteiger charge is 2.30. The van der Waals surface area contributed by atoms with Gasteiger partial charge in [-0.1, -0.05) is 25.4 Å². The molecule has 2 rings (SSSR count). The summed E-state index contributed by atoms with van der Waals surface area (Å²) in [5.74, 6) is 1.77. The van der Waals surface area contributed by atoms with E-state index in [1.807, 2.05) is 26.0 Å². The predicted octanol–water partition coefficient (Wildman–Crippen LogP) is 7.11. The molecule has 3 nitrogen and oxygen atoms in total. The molecule has 0 aliphatic carbocycles. The lowest BCUT2D eigenvalue weighted by Gasteiger charge is -2.17. The third-order valence-corrected chi connectivity index (χ3v) is 4.61. The Morgan fingerprint density at radius 2 is 1.48 bits per heavy atom. The van der Waals surface area contributed by atoms with Crippen LogP contribution in [0.2, 0.25) is 0 Å². The molecule has 0 atom stereocenters. The minimum Gasteiger partial charge on any atom is -0.493 e. The Hall–Kier alpha value is -2.41. The number of alkyl halides is 3. The number of rotatable bonds is 11. The van der Waals surface area contributed by atoms with Crippen molar-refractivity contribution in [3.8, 4) is 17.2 Å². The van der Waals surface area contributed by atoms with Crippen LogP contribution in [0.5, 0.6) is 17.2 Å². The maximum atomic E-state index is 12.6. The molecule has 0 aliphatic heterocycles. The highest BCUT2D eigenvalue weighted by molar-refractivity contribution is 6.28. The van der Waals surface area contributed by atoms with Crippen molar-refractivity contribution in [3.63, 3.8) is 0 Å². The Morgan fingerprint density at radius 3 is 2.00 bits per heavy atom. The molecule has 0 N–H and O–H groups in total. The van der Waals surface area contributed by atoms with Gasteiger partial charge in [0.2, 0.25) is 0 Å². The van der Waals surface area contributed by atoms with Gasteiger partial charge in [-0.2, -0.15) is 17.6 Å². The van der Waals surface area contributed by atoms with Crippen LogP contribution in [0.15, 0.2) is 47.8 Å². The first-order valence-corrected chi connectivity index (χ1v) is 10.3. The molecule has 170 valence electrons. The van der Waals surface area contributed by atoms with Gasteiger partial charge in [-0.25, -0.2) is 0 Å². The van der Waals surface area contributed by atoms with Crippen molar-refractivity contribution < 1.29 is 31.8 Å². The molecule has 2 aromatic rings. The van der Waals surface area contributed by atoms with Crippen molar-refractivity contribution in [1.82, 2.24) is 0 Å². The van der Waals surface area contributed by atoms with Gasteiger partial charge in [0, 0.05) is 12.5 Å². The summed E-state index contributed by atoms with van der Waals surface area (Å²) in [6, 6.07) is 8.30. The number of hydrogen-bond donors (Lipinski definition) is 0. The van der Waals surface area contributed by atoms with E-state index < -0.39 is 17.0 Å². The largest absolute Gasteiger partial charge is 0.493 e. The van der Waals surface area contributed by atoms with Gasteiger partial charge in [0.1, 0.15) is 23.9 Å². The predicted molar refractivity (Wildman–Crippen MR) is 113 cm³/mol. The van der Waals surface area contributed by atoms with Gasteiger partial charge in [-0.05, 0) is 60.4 Å². The van der Waals surface area contributed by atoms with Gasteiger partial charge in [-0.3, -0.25) is 0 Å². The molecular formula is C23H25ClF4O3. The maximum absolute atomic E-state index is 12.6. The summed E-state index contributed by atoms with van der Waals surface area (Å²) in [6.07, 6.45) is -1.22. The Balaban J connectivity index is 1.90. The molecule has 0 saturated heterocycles. The lowest BCUT2D eigenvalue weighted by Crippen LogP contribution is -2.08. The van der Waals surface area contributed by atoms with Crippen LogP contribution in [0.4, 0.5) is 17.6 Å². The third-order valence-electron chi connectivity index (χ3n) is 4.45. The number of ether oxygens (including phenoxy) is 3. The fraction of sp³-hybridized carbons (Fsp3) is 0.391. The molecular weight excluding hydrogens is 436 g/mol. The van der Waals surface area contributed by atoms with Crippen molar-refractivity contribution in [2.75, 3.05) is 19.8 Å². The molecule has 8 heteroatoms. The average Bonchev–Trinajstić information content (AvgIpc) is 2.73. The zero-order valence-corrected chi connectivity index (χ0v) is 18.2. The number of benzene rings is 2. The minimum absolute atomic E-state index is 0.0309. The van der Waals surface area contributed by atoms with Gasteiger partial charge in [0.25, 0.3) is 0 Å². The van der Waals surface area contributed by atoms with Gasteiger partial charge in [0.15, 0.2) is 5.29 Å². The summed E-state index contributed by atoms with van der Waals surface area (Å²) in [5, 5.41) is -0.815. The molecule has 0 saturated carbocycles. The normalized spacial score (nSPS) is 12.0. The monoisotopic (exact) mass is 460 g/mol. The molecule has 0 aliphatic rings. The van der Waals surface area contributed by atoms with Crippen LogP contribution in [0, 0.1) is 0 Å². The van der Waals surface area contributed by atoms with Crippen LogP contribution in [0.25, 0.3) is 0 Å². The summed E-state index contributed by atoms with van der Waals surface area (Å²) in [5.41, 5.74) is 1.22. The topological polar surface area (TPSA) is 27.7 Å². The fourth-order valence-corrected chi connectivity index (χ4v) is 2.94. The molecule has 31 heavy (non-hydrogen) atoms. The molecule has 0 fully saturated rings. The molecule has 0 aromatic heterocycles. The van der Waals surface area contributed by atoms with Crippen LogP contribution in [-0.4, -0.2) is 19.8 Å². The van der Waals surface area contributed by atoms with Crippen molar-refractivity contribution in [2.24, 2.45) is 0 Å². The summed E-state index contributed by atoms with van der Waals surface area (Å²) in [4.78, 5) is 0. The van der Waals surface area contributed by atoms with E-state index in [0.717, 1.165) is 47.9 Å². The molecule has 0 amide bonds.